The fraction of sp³-hybridized carbons (Fsp3) is 0.273. The normalized spacial score (nSPS) is 15.4. The van der Waals surface area contributed by atoms with E-state index in [0.717, 1.165) is 22.3 Å². The van der Waals surface area contributed by atoms with Gasteiger partial charge >= 0.3 is 0 Å². The Kier molecular flexibility index (Phi) is 8.15. The standard InChI is InChI=1S/C22H24Cl2O2S/c1-17(13-15-23)21(19-9-5-3-6-10-19)27(25,26)22(18(2)14-16-24)20-11-7-4-8-12-20/h3-14,21-22H,15-16H2,1-2H3. The molecule has 0 N–H and O–H groups in total. The van der Waals surface area contributed by atoms with Crippen LogP contribution in [0, 0.1) is 0 Å². The first-order valence-electron chi connectivity index (χ1n) is 8.71. The van der Waals surface area contributed by atoms with Gasteiger partial charge in [0.2, 0.25) is 0 Å². The fourth-order valence-electron chi connectivity index (χ4n) is 3.27. The van der Waals surface area contributed by atoms with E-state index in [1.807, 2.05) is 74.5 Å². The number of hydrogen-bond donors (Lipinski definition) is 0. The highest BCUT2D eigenvalue weighted by Crippen LogP contribution is 2.42. The minimum Gasteiger partial charge on any atom is -0.227 e. The fourth-order valence-corrected chi connectivity index (χ4v) is 6.33. The summed E-state index contributed by atoms with van der Waals surface area (Å²) in [5, 5.41) is -1.55. The summed E-state index contributed by atoms with van der Waals surface area (Å²) in [6, 6.07) is 18.5. The summed E-state index contributed by atoms with van der Waals surface area (Å²) in [6.07, 6.45) is 3.53. The van der Waals surface area contributed by atoms with Crippen molar-refractivity contribution in [3.8, 4) is 0 Å². The lowest BCUT2D eigenvalue weighted by atomic mass is 10.1. The van der Waals surface area contributed by atoms with Crippen molar-refractivity contribution in [2.24, 2.45) is 0 Å². The van der Waals surface area contributed by atoms with Crippen LogP contribution >= 0.6 is 23.2 Å². The highest BCUT2D eigenvalue weighted by atomic mass is 35.5. The van der Waals surface area contributed by atoms with Gasteiger partial charge in [-0.3, -0.25) is 0 Å². The first-order valence-corrected chi connectivity index (χ1v) is 11.4. The second kappa shape index (κ2) is 10.1. The van der Waals surface area contributed by atoms with Crippen LogP contribution in [0.1, 0.15) is 35.5 Å². The molecule has 0 heterocycles. The number of halogens is 2. The van der Waals surface area contributed by atoms with E-state index in [0.29, 0.717) is 0 Å². The highest BCUT2D eigenvalue weighted by Gasteiger charge is 2.37. The number of rotatable bonds is 8. The van der Waals surface area contributed by atoms with E-state index < -0.39 is 20.3 Å². The number of benzene rings is 2. The van der Waals surface area contributed by atoms with Crippen LogP contribution in [-0.4, -0.2) is 20.2 Å². The first kappa shape index (κ1) is 21.7. The molecule has 5 heteroatoms. The zero-order valence-corrected chi connectivity index (χ0v) is 17.8. The van der Waals surface area contributed by atoms with Gasteiger partial charge in [0.1, 0.15) is 10.5 Å². The zero-order valence-electron chi connectivity index (χ0n) is 15.5. The van der Waals surface area contributed by atoms with Crippen molar-refractivity contribution < 1.29 is 8.42 Å². The van der Waals surface area contributed by atoms with E-state index in [1.165, 1.54) is 0 Å². The van der Waals surface area contributed by atoms with Crippen LogP contribution in [0.3, 0.4) is 0 Å². The smallest absolute Gasteiger partial charge is 0.171 e. The minimum atomic E-state index is -3.67. The van der Waals surface area contributed by atoms with Crippen LogP contribution in [0.2, 0.25) is 0 Å². The van der Waals surface area contributed by atoms with E-state index in [2.05, 4.69) is 0 Å². The Labute approximate surface area is 172 Å². The maximum atomic E-state index is 13.9. The summed E-state index contributed by atoms with van der Waals surface area (Å²) in [7, 11) is -3.67. The summed E-state index contributed by atoms with van der Waals surface area (Å²) in [4.78, 5) is 0. The molecular formula is C22H24Cl2O2S. The quantitative estimate of drug-likeness (QED) is 0.371. The van der Waals surface area contributed by atoms with Gasteiger partial charge in [0.25, 0.3) is 0 Å². The molecule has 0 aromatic heterocycles. The number of hydrogen-bond acceptors (Lipinski definition) is 2. The molecule has 0 spiro atoms. The van der Waals surface area contributed by atoms with Gasteiger partial charge in [0, 0.05) is 11.8 Å². The van der Waals surface area contributed by atoms with Crippen LogP contribution < -0.4 is 0 Å². The predicted molar refractivity (Wildman–Crippen MR) is 116 cm³/mol. The monoisotopic (exact) mass is 422 g/mol. The topological polar surface area (TPSA) is 34.1 Å². The predicted octanol–water partition coefficient (Wildman–Crippen LogP) is 6.25. The molecule has 2 nitrogen and oxygen atoms in total. The van der Waals surface area contributed by atoms with Gasteiger partial charge in [-0.25, -0.2) is 8.42 Å². The molecule has 0 radical (unpaired) electrons. The van der Waals surface area contributed by atoms with E-state index in [1.54, 1.807) is 12.2 Å². The average molecular weight is 423 g/mol. The molecule has 27 heavy (non-hydrogen) atoms. The molecule has 2 unspecified atom stereocenters. The van der Waals surface area contributed by atoms with Crippen molar-refractivity contribution in [1.29, 1.82) is 0 Å². The third-order valence-electron chi connectivity index (χ3n) is 4.49. The molecule has 2 atom stereocenters. The molecule has 0 aliphatic heterocycles. The summed E-state index contributed by atoms with van der Waals surface area (Å²) in [5.41, 5.74) is 2.90. The largest absolute Gasteiger partial charge is 0.227 e. The van der Waals surface area contributed by atoms with Gasteiger partial charge in [-0.15, -0.1) is 23.2 Å². The summed E-state index contributed by atoms with van der Waals surface area (Å²) in [5.74, 6) is 0.522. The summed E-state index contributed by atoms with van der Waals surface area (Å²) >= 11 is 11.8. The van der Waals surface area contributed by atoms with Gasteiger partial charge in [-0.05, 0) is 25.0 Å². The van der Waals surface area contributed by atoms with Crippen LogP contribution in [0.15, 0.2) is 84.0 Å². The Balaban J connectivity index is 2.70. The van der Waals surface area contributed by atoms with Crippen molar-refractivity contribution in [2.45, 2.75) is 24.3 Å². The lowest BCUT2D eigenvalue weighted by molar-refractivity contribution is 0.580. The molecule has 0 aliphatic carbocycles. The molecule has 0 saturated carbocycles. The molecule has 0 saturated heterocycles. The van der Waals surface area contributed by atoms with Crippen LogP contribution in [0.4, 0.5) is 0 Å². The summed E-state index contributed by atoms with van der Waals surface area (Å²) in [6.45, 7) is 3.64. The molecule has 2 aromatic carbocycles. The molecule has 144 valence electrons. The van der Waals surface area contributed by atoms with Crippen molar-refractivity contribution in [2.75, 3.05) is 11.8 Å². The Morgan fingerprint density at radius 1 is 0.778 bits per heavy atom. The van der Waals surface area contributed by atoms with Gasteiger partial charge in [0.05, 0.1) is 0 Å². The van der Waals surface area contributed by atoms with Gasteiger partial charge in [0.15, 0.2) is 9.84 Å². The Hall–Kier alpha value is -1.55. The van der Waals surface area contributed by atoms with E-state index in [4.69, 9.17) is 23.2 Å². The van der Waals surface area contributed by atoms with Crippen LogP contribution in [-0.2, 0) is 9.84 Å². The number of allylic oxidation sites excluding steroid dienone is 2. The van der Waals surface area contributed by atoms with Gasteiger partial charge in [-0.1, -0.05) is 84.0 Å². The second-order valence-corrected chi connectivity index (χ2v) is 9.11. The summed E-state index contributed by atoms with van der Waals surface area (Å²) < 4.78 is 27.8. The molecule has 2 aromatic rings. The lowest BCUT2D eigenvalue weighted by Crippen LogP contribution is -2.23. The lowest BCUT2D eigenvalue weighted by Gasteiger charge is -2.27. The maximum Gasteiger partial charge on any atom is 0.171 e. The Bertz CT molecular complexity index is 819. The third kappa shape index (κ3) is 5.25. The Morgan fingerprint density at radius 3 is 1.41 bits per heavy atom. The van der Waals surface area contributed by atoms with Gasteiger partial charge in [-0.2, -0.15) is 0 Å². The highest BCUT2D eigenvalue weighted by molar-refractivity contribution is 7.92. The molecule has 0 bridgehead atoms. The number of alkyl halides is 2. The minimum absolute atomic E-state index is 0.261. The zero-order chi connectivity index (χ0) is 19.9. The van der Waals surface area contributed by atoms with Crippen LogP contribution in [0.25, 0.3) is 0 Å². The first-order chi connectivity index (χ1) is 12.9. The van der Waals surface area contributed by atoms with Crippen molar-refractivity contribution in [1.82, 2.24) is 0 Å². The van der Waals surface area contributed by atoms with E-state index >= 15 is 0 Å². The van der Waals surface area contributed by atoms with Gasteiger partial charge < -0.3 is 0 Å². The SMILES string of the molecule is CC(=CCCl)C(c1ccccc1)S(=O)(=O)C(C(C)=CCCl)c1ccccc1. The van der Waals surface area contributed by atoms with Crippen molar-refractivity contribution in [3.63, 3.8) is 0 Å². The average Bonchev–Trinajstić information content (AvgIpc) is 2.63. The molecule has 0 amide bonds. The molecular weight excluding hydrogens is 399 g/mol. The van der Waals surface area contributed by atoms with E-state index in [9.17, 15) is 8.42 Å². The Morgan fingerprint density at radius 2 is 1.11 bits per heavy atom. The van der Waals surface area contributed by atoms with Crippen molar-refractivity contribution >= 4 is 33.0 Å². The number of sulfone groups is 1. The van der Waals surface area contributed by atoms with Crippen molar-refractivity contribution in [3.05, 3.63) is 95.1 Å². The maximum absolute atomic E-state index is 13.9. The third-order valence-corrected chi connectivity index (χ3v) is 7.40. The second-order valence-electron chi connectivity index (χ2n) is 6.38. The molecule has 0 fully saturated rings. The van der Waals surface area contributed by atoms with E-state index in [-0.39, 0.29) is 11.8 Å². The molecule has 2 rings (SSSR count). The van der Waals surface area contributed by atoms with Crippen LogP contribution in [0.5, 0.6) is 0 Å². The molecule has 0 aliphatic rings.